The first-order chi connectivity index (χ1) is 27.8. The molecule has 24 nitrogen and oxygen atoms in total. The van der Waals surface area contributed by atoms with Crippen LogP contribution < -0.4 is 0 Å². The van der Waals surface area contributed by atoms with Crippen molar-refractivity contribution in [2.75, 3.05) is 0 Å². The van der Waals surface area contributed by atoms with Crippen molar-refractivity contribution in [3.8, 4) is 0 Å². The molecule has 24 heteroatoms. The van der Waals surface area contributed by atoms with E-state index in [0.717, 1.165) is 0 Å². The van der Waals surface area contributed by atoms with Gasteiger partial charge in [-0.25, -0.2) is 0 Å². The van der Waals surface area contributed by atoms with Gasteiger partial charge in [-0.3, -0.25) is 57.5 Å². The lowest BCUT2D eigenvalue weighted by molar-refractivity contribution is -0.140. The zero-order chi connectivity index (χ0) is 47.9. The number of carboxylic acid groups (broad SMARTS) is 12. The van der Waals surface area contributed by atoms with Crippen LogP contribution in [0.2, 0.25) is 0 Å². The maximum absolute atomic E-state index is 9.98. The van der Waals surface area contributed by atoms with Gasteiger partial charge in [0.1, 0.15) is 0 Å². The molecule has 0 fully saturated rings. The molecule has 0 aliphatic rings. The molecule has 348 valence electrons. The van der Waals surface area contributed by atoms with Crippen LogP contribution in [0.25, 0.3) is 0 Å². The quantitative estimate of drug-likeness (QED) is 0.0447. The molecule has 0 rings (SSSR count). The van der Waals surface area contributed by atoms with E-state index < -0.39 is 71.6 Å². The molecule has 0 heterocycles. The van der Waals surface area contributed by atoms with Gasteiger partial charge in [0.15, 0.2) is 0 Å². The average Bonchev–Trinajstić information content (AvgIpc) is 3.08. The lowest BCUT2D eigenvalue weighted by atomic mass is 10.1. The molecule has 0 spiro atoms. The van der Waals surface area contributed by atoms with Crippen molar-refractivity contribution < 1.29 is 119 Å². The molecule has 12 N–H and O–H groups in total. The Balaban J connectivity index is -0.000000146. The summed E-state index contributed by atoms with van der Waals surface area (Å²) in [7, 11) is 0. The van der Waals surface area contributed by atoms with Gasteiger partial charge in [0.2, 0.25) is 0 Å². The molecule has 0 saturated heterocycles. The minimum Gasteiger partial charge on any atom is -0.481 e. The normalized spacial score (nSPS) is 9.20. The van der Waals surface area contributed by atoms with Gasteiger partial charge in [-0.15, -0.1) is 0 Å². The average molecular weight is 877 g/mol. The van der Waals surface area contributed by atoms with Crippen molar-refractivity contribution in [3.63, 3.8) is 0 Å². The number of aliphatic carboxylic acids is 12. The van der Waals surface area contributed by atoms with Gasteiger partial charge in [0.05, 0.1) is 0 Å². The standard InChI is InChI=1S/2C7H12O4.2C6H10O4.2C5H8O4/c2*8-6(9)4-2-1-3-5-7(10)11;2*7-5(8)3-1-2-4-6(9)10;2*6-4(7)2-1-3-5(8)9/h2*1-5H2,(H,8,9)(H,10,11);2*1-4H2,(H,7,8)(H,9,10);2*1-3H2,(H,6,7)(H,8,9). The Kier molecular flexibility index (Phi) is 53.3. The second-order valence-corrected chi connectivity index (χ2v) is 12.0. The topological polar surface area (TPSA) is 448 Å². The Morgan fingerprint density at radius 1 is 0.150 bits per heavy atom. The summed E-state index contributed by atoms with van der Waals surface area (Å²) in [6.45, 7) is 0. The number of hydrogen-bond donors (Lipinski definition) is 12. The summed E-state index contributed by atoms with van der Waals surface area (Å²) in [5, 5.41) is 97.5. The van der Waals surface area contributed by atoms with Gasteiger partial charge in [-0.2, -0.15) is 0 Å². The van der Waals surface area contributed by atoms with Gasteiger partial charge in [0.25, 0.3) is 0 Å². The maximum Gasteiger partial charge on any atom is 0.303 e. The summed E-state index contributed by atoms with van der Waals surface area (Å²) in [6, 6.07) is 0. The molecular weight excluding hydrogens is 816 g/mol. The van der Waals surface area contributed by atoms with E-state index in [9.17, 15) is 57.5 Å². The van der Waals surface area contributed by atoms with E-state index in [1.54, 1.807) is 0 Å². The van der Waals surface area contributed by atoms with E-state index in [4.69, 9.17) is 61.3 Å². The minimum absolute atomic E-state index is 0.0628. The third kappa shape index (κ3) is 104. The molecule has 0 aromatic heterocycles. The summed E-state index contributed by atoms with van der Waals surface area (Å²) in [4.78, 5) is 119. The Bertz CT molecular complexity index is 1090. The minimum atomic E-state index is -0.948. The van der Waals surface area contributed by atoms with Crippen LogP contribution in [0.5, 0.6) is 0 Å². The molecule has 0 unspecified atom stereocenters. The summed E-state index contributed by atoms with van der Waals surface area (Å²) in [5.74, 6) is -10.5. The van der Waals surface area contributed by atoms with Gasteiger partial charge >= 0.3 is 71.6 Å². The van der Waals surface area contributed by atoms with Crippen LogP contribution in [0.4, 0.5) is 0 Å². The first-order valence-electron chi connectivity index (χ1n) is 18.4. The van der Waals surface area contributed by atoms with Crippen LogP contribution in [-0.2, 0) is 57.5 Å². The predicted molar refractivity (Wildman–Crippen MR) is 202 cm³/mol. The molecule has 0 aromatic carbocycles. The fourth-order valence-electron chi connectivity index (χ4n) is 3.35. The smallest absolute Gasteiger partial charge is 0.303 e. The molecule has 0 bridgehead atoms. The highest BCUT2D eigenvalue weighted by molar-refractivity contribution is 5.71. The summed E-state index contributed by atoms with van der Waals surface area (Å²) in [5.41, 5.74) is 0. The molecular formula is C36H60O24. The number of rotatable bonds is 30. The second kappa shape index (κ2) is 48.8. The molecule has 0 saturated carbocycles. The van der Waals surface area contributed by atoms with Crippen LogP contribution in [0.3, 0.4) is 0 Å². The molecule has 0 amide bonds. The third-order valence-electron chi connectivity index (χ3n) is 6.19. The first-order valence-corrected chi connectivity index (χ1v) is 18.4. The fourth-order valence-corrected chi connectivity index (χ4v) is 3.35. The molecule has 0 aliphatic heterocycles. The van der Waals surface area contributed by atoms with E-state index >= 15 is 0 Å². The Hall–Kier alpha value is -6.36. The van der Waals surface area contributed by atoms with Crippen molar-refractivity contribution in [1.29, 1.82) is 0 Å². The van der Waals surface area contributed by atoms with E-state index in [-0.39, 0.29) is 89.9 Å². The third-order valence-corrected chi connectivity index (χ3v) is 6.19. The van der Waals surface area contributed by atoms with Gasteiger partial charge in [0, 0.05) is 77.0 Å². The SMILES string of the molecule is O=C(O)CCCC(=O)O.O=C(O)CCCC(=O)O.O=C(O)CCCCC(=O)O.O=C(O)CCCCC(=O)O.O=C(O)CCCCCC(=O)O.O=C(O)CCCCCC(=O)O. The van der Waals surface area contributed by atoms with Crippen molar-refractivity contribution in [2.45, 2.75) is 154 Å². The number of unbranched alkanes of at least 4 members (excludes halogenated alkanes) is 6. The number of carboxylic acids is 12. The Morgan fingerprint density at radius 2 is 0.233 bits per heavy atom. The highest BCUT2D eigenvalue weighted by Crippen LogP contribution is 2.04. The molecule has 60 heavy (non-hydrogen) atoms. The monoisotopic (exact) mass is 876 g/mol. The molecule has 0 aliphatic carbocycles. The van der Waals surface area contributed by atoms with Crippen molar-refractivity contribution >= 4 is 71.6 Å². The highest BCUT2D eigenvalue weighted by Gasteiger charge is 2.03. The van der Waals surface area contributed by atoms with Crippen molar-refractivity contribution in [3.05, 3.63) is 0 Å². The maximum atomic E-state index is 9.98. The van der Waals surface area contributed by atoms with E-state index in [1.165, 1.54) is 0 Å². The number of carbonyl (C=O) groups is 12. The summed E-state index contributed by atoms with van der Waals surface area (Å²) in [6.07, 6.45) is 6.41. The van der Waals surface area contributed by atoms with Crippen molar-refractivity contribution in [2.24, 2.45) is 0 Å². The lowest BCUT2D eigenvalue weighted by Gasteiger charge is -1.94. The Morgan fingerprint density at radius 3 is 0.333 bits per heavy atom. The van der Waals surface area contributed by atoms with Gasteiger partial charge < -0.3 is 61.3 Å². The van der Waals surface area contributed by atoms with Crippen LogP contribution in [0.1, 0.15) is 154 Å². The Labute approximate surface area is 344 Å². The molecule has 0 atom stereocenters. The zero-order valence-electron chi connectivity index (χ0n) is 33.2. The van der Waals surface area contributed by atoms with E-state index in [1.807, 2.05) is 0 Å². The van der Waals surface area contributed by atoms with Gasteiger partial charge in [-0.1, -0.05) is 12.8 Å². The number of hydrogen-bond acceptors (Lipinski definition) is 12. The molecule has 0 aromatic rings. The first kappa shape index (κ1) is 65.5. The van der Waals surface area contributed by atoms with E-state index in [2.05, 4.69) is 0 Å². The van der Waals surface area contributed by atoms with Gasteiger partial charge in [-0.05, 0) is 64.2 Å². The fraction of sp³-hybridized carbons (Fsp3) is 0.667. The van der Waals surface area contributed by atoms with Crippen LogP contribution in [0, 0.1) is 0 Å². The second-order valence-electron chi connectivity index (χ2n) is 12.0. The summed E-state index contributed by atoms with van der Waals surface area (Å²) >= 11 is 0. The van der Waals surface area contributed by atoms with Crippen LogP contribution in [-0.4, -0.2) is 133 Å². The lowest BCUT2D eigenvalue weighted by Crippen LogP contribution is -1.98. The summed E-state index contributed by atoms with van der Waals surface area (Å²) < 4.78 is 0. The van der Waals surface area contributed by atoms with E-state index in [0.29, 0.717) is 64.2 Å². The predicted octanol–water partition coefficient (Wildman–Crippen LogP) is 4.30. The van der Waals surface area contributed by atoms with Crippen LogP contribution in [0.15, 0.2) is 0 Å². The highest BCUT2D eigenvalue weighted by atomic mass is 16.4. The zero-order valence-corrected chi connectivity index (χ0v) is 33.2. The van der Waals surface area contributed by atoms with Crippen LogP contribution >= 0.6 is 0 Å². The van der Waals surface area contributed by atoms with Crippen molar-refractivity contribution in [1.82, 2.24) is 0 Å². The molecule has 0 radical (unpaired) electrons. The largest absolute Gasteiger partial charge is 0.481 e.